The molecule has 0 atom stereocenters. The van der Waals surface area contributed by atoms with Crippen LogP contribution in [0.4, 0.5) is 4.39 Å². The van der Waals surface area contributed by atoms with Gasteiger partial charge in [0.15, 0.2) is 15.5 Å². The minimum absolute atomic E-state index is 0.0367. The summed E-state index contributed by atoms with van der Waals surface area (Å²) in [7, 11) is -2.04. The minimum atomic E-state index is -3.44. The van der Waals surface area contributed by atoms with E-state index in [9.17, 15) is 12.8 Å². The fourth-order valence-electron chi connectivity index (χ4n) is 3.30. The molecule has 0 amide bonds. The van der Waals surface area contributed by atoms with Gasteiger partial charge in [0.1, 0.15) is 22.8 Å². The van der Waals surface area contributed by atoms with Crippen molar-refractivity contribution in [3.05, 3.63) is 48.7 Å². The highest BCUT2D eigenvalue weighted by Crippen LogP contribution is 2.35. The van der Waals surface area contributed by atoms with E-state index < -0.39 is 15.7 Å². The summed E-state index contributed by atoms with van der Waals surface area (Å²) in [5.74, 6) is -0.399. The Labute approximate surface area is 178 Å². The molecule has 0 radical (unpaired) electrons. The summed E-state index contributed by atoms with van der Waals surface area (Å²) < 4.78 is 46.4. The van der Waals surface area contributed by atoms with Gasteiger partial charge in [-0.2, -0.15) is 5.10 Å². The highest BCUT2D eigenvalue weighted by molar-refractivity contribution is 7.91. The SMILES string of the molecule is CCn1cnc2c(-c3ccc(F)c(-c4ccc(S(=O)(=O)CC)cc4OC)n3)cnnc21. The van der Waals surface area contributed by atoms with E-state index in [1.807, 2.05) is 11.5 Å². The summed E-state index contributed by atoms with van der Waals surface area (Å²) in [5, 5.41) is 8.18. The lowest BCUT2D eigenvalue weighted by molar-refractivity contribution is 0.414. The molecule has 4 rings (SSSR count). The molecule has 3 heterocycles. The first-order valence-electron chi connectivity index (χ1n) is 9.64. The van der Waals surface area contributed by atoms with Crippen LogP contribution < -0.4 is 4.74 Å². The van der Waals surface area contributed by atoms with E-state index in [-0.39, 0.29) is 22.1 Å². The summed E-state index contributed by atoms with van der Waals surface area (Å²) in [6, 6.07) is 7.17. The lowest BCUT2D eigenvalue weighted by Gasteiger charge is -2.12. The molecule has 4 aromatic rings. The van der Waals surface area contributed by atoms with E-state index in [4.69, 9.17) is 4.74 Å². The maximum Gasteiger partial charge on any atom is 0.183 e. The Balaban J connectivity index is 1.88. The predicted octanol–water partition coefficient (Wildman–Crippen LogP) is 3.52. The van der Waals surface area contributed by atoms with Gasteiger partial charge in [0.05, 0.1) is 36.0 Å². The number of sulfone groups is 1. The molecule has 0 saturated carbocycles. The average Bonchev–Trinajstić information content (AvgIpc) is 3.22. The van der Waals surface area contributed by atoms with E-state index >= 15 is 0 Å². The third-order valence-electron chi connectivity index (χ3n) is 5.03. The van der Waals surface area contributed by atoms with Gasteiger partial charge in [-0.25, -0.2) is 22.8 Å². The van der Waals surface area contributed by atoms with Crippen LogP contribution in [0.3, 0.4) is 0 Å². The Morgan fingerprint density at radius 2 is 1.94 bits per heavy atom. The number of methoxy groups -OCH3 is 1. The molecule has 0 saturated heterocycles. The molecule has 0 N–H and O–H groups in total. The van der Waals surface area contributed by atoms with Crippen molar-refractivity contribution in [1.82, 2.24) is 24.7 Å². The van der Waals surface area contributed by atoms with Gasteiger partial charge >= 0.3 is 0 Å². The first-order valence-corrected chi connectivity index (χ1v) is 11.3. The van der Waals surface area contributed by atoms with Gasteiger partial charge in [-0.05, 0) is 37.3 Å². The molecular weight excluding hydrogens is 421 g/mol. The van der Waals surface area contributed by atoms with Crippen LogP contribution in [0.5, 0.6) is 5.75 Å². The number of ether oxygens (including phenoxy) is 1. The minimum Gasteiger partial charge on any atom is -0.496 e. The normalized spacial score (nSPS) is 11.7. The van der Waals surface area contributed by atoms with Gasteiger partial charge in [-0.1, -0.05) is 6.92 Å². The first-order chi connectivity index (χ1) is 14.9. The first kappa shape index (κ1) is 20.9. The van der Waals surface area contributed by atoms with Crippen LogP contribution in [-0.2, 0) is 16.4 Å². The predicted molar refractivity (Wildman–Crippen MR) is 114 cm³/mol. The summed E-state index contributed by atoms with van der Waals surface area (Å²) in [6.45, 7) is 4.21. The summed E-state index contributed by atoms with van der Waals surface area (Å²) in [6.07, 6.45) is 3.21. The second-order valence-electron chi connectivity index (χ2n) is 6.75. The molecule has 0 bridgehead atoms. The molecule has 0 aliphatic heterocycles. The quantitative estimate of drug-likeness (QED) is 0.451. The van der Waals surface area contributed by atoms with Gasteiger partial charge in [0.25, 0.3) is 0 Å². The Morgan fingerprint density at radius 3 is 2.65 bits per heavy atom. The molecule has 8 nitrogen and oxygen atoms in total. The van der Waals surface area contributed by atoms with E-state index in [1.54, 1.807) is 19.3 Å². The lowest BCUT2D eigenvalue weighted by atomic mass is 10.1. The molecule has 0 unspecified atom stereocenters. The number of nitrogens with zero attached hydrogens (tertiary/aromatic N) is 5. The average molecular weight is 441 g/mol. The highest BCUT2D eigenvalue weighted by atomic mass is 32.2. The van der Waals surface area contributed by atoms with Gasteiger partial charge in [-0.15, -0.1) is 5.10 Å². The van der Waals surface area contributed by atoms with Crippen LogP contribution in [0.1, 0.15) is 13.8 Å². The van der Waals surface area contributed by atoms with Crippen LogP contribution in [0.15, 0.2) is 47.8 Å². The number of imidazole rings is 1. The maximum atomic E-state index is 14.8. The fourth-order valence-corrected chi connectivity index (χ4v) is 4.20. The number of rotatable bonds is 6. The van der Waals surface area contributed by atoms with Crippen molar-refractivity contribution in [1.29, 1.82) is 0 Å². The molecule has 160 valence electrons. The summed E-state index contributed by atoms with van der Waals surface area (Å²) in [5.41, 5.74) is 2.68. The van der Waals surface area contributed by atoms with Crippen molar-refractivity contribution in [2.24, 2.45) is 0 Å². The Bertz CT molecular complexity index is 1390. The molecule has 3 aromatic heterocycles. The van der Waals surface area contributed by atoms with Crippen molar-refractivity contribution in [3.8, 4) is 28.3 Å². The second-order valence-corrected chi connectivity index (χ2v) is 9.03. The van der Waals surface area contributed by atoms with Crippen LogP contribution in [0.2, 0.25) is 0 Å². The molecular formula is C21H20FN5O3S. The topological polar surface area (TPSA) is 99.9 Å². The van der Waals surface area contributed by atoms with E-state index in [2.05, 4.69) is 20.2 Å². The van der Waals surface area contributed by atoms with E-state index in [0.29, 0.717) is 34.5 Å². The second kappa shape index (κ2) is 8.03. The Kier molecular flexibility index (Phi) is 5.40. The number of halogens is 1. The zero-order chi connectivity index (χ0) is 22.2. The zero-order valence-corrected chi connectivity index (χ0v) is 18.0. The number of hydrogen-bond donors (Lipinski definition) is 0. The van der Waals surface area contributed by atoms with E-state index in [1.165, 1.54) is 37.6 Å². The van der Waals surface area contributed by atoms with Crippen LogP contribution in [0, 0.1) is 5.82 Å². The number of aryl methyl sites for hydroxylation is 1. The molecule has 10 heteroatoms. The monoisotopic (exact) mass is 441 g/mol. The van der Waals surface area contributed by atoms with Crippen molar-refractivity contribution < 1.29 is 17.5 Å². The van der Waals surface area contributed by atoms with Gasteiger partial charge in [-0.3, -0.25) is 0 Å². The molecule has 31 heavy (non-hydrogen) atoms. The van der Waals surface area contributed by atoms with Gasteiger partial charge in [0, 0.05) is 17.7 Å². The fraction of sp³-hybridized carbons (Fsp3) is 0.238. The number of aromatic nitrogens is 5. The molecule has 0 aliphatic rings. The van der Waals surface area contributed by atoms with Crippen molar-refractivity contribution in [3.63, 3.8) is 0 Å². The van der Waals surface area contributed by atoms with Crippen LogP contribution in [-0.4, -0.2) is 46.0 Å². The summed E-state index contributed by atoms with van der Waals surface area (Å²) >= 11 is 0. The highest BCUT2D eigenvalue weighted by Gasteiger charge is 2.20. The number of fused-ring (bicyclic) bond motifs is 1. The summed E-state index contributed by atoms with van der Waals surface area (Å²) in [4.78, 5) is 9.01. The number of benzene rings is 1. The largest absolute Gasteiger partial charge is 0.496 e. The Hall–Kier alpha value is -3.40. The third-order valence-corrected chi connectivity index (χ3v) is 6.77. The smallest absolute Gasteiger partial charge is 0.183 e. The molecule has 1 aromatic carbocycles. The van der Waals surface area contributed by atoms with Crippen LogP contribution in [0.25, 0.3) is 33.7 Å². The van der Waals surface area contributed by atoms with Crippen LogP contribution >= 0.6 is 0 Å². The zero-order valence-electron chi connectivity index (χ0n) is 17.2. The van der Waals surface area contributed by atoms with E-state index in [0.717, 1.165) is 0 Å². The standard InChI is InChI=1S/C21H20FN5O3S/c1-4-27-12-23-20-15(11-24-26-21(20)27)17-9-8-16(22)19(25-17)14-7-6-13(10-18(14)30-3)31(28,29)5-2/h6-12H,4-5H2,1-3H3. The molecule has 0 aliphatic carbocycles. The van der Waals surface area contributed by atoms with Gasteiger partial charge in [0.2, 0.25) is 0 Å². The van der Waals surface area contributed by atoms with Crippen molar-refractivity contribution in [2.45, 2.75) is 25.3 Å². The third kappa shape index (κ3) is 3.63. The Morgan fingerprint density at radius 1 is 1.13 bits per heavy atom. The molecule has 0 fully saturated rings. The maximum absolute atomic E-state index is 14.8. The molecule has 0 spiro atoms. The van der Waals surface area contributed by atoms with Gasteiger partial charge < -0.3 is 9.30 Å². The number of hydrogen-bond acceptors (Lipinski definition) is 7. The number of pyridine rings is 1. The van der Waals surface area contributed by atoms with Crippen molar-refractivity contribution in [2.75, 3.05) is 12.9 Å². The lowest BCUT2D eigenvalue weighted by Crippen LogP contribution is -2.04. The van der Waals surface area contributed by atoms with Crippen molar-refractivity contribution >= 4 is 21.0 Å².